The van der Waals surface area contributed by atoms with E-state index in [0.29, 0.717) is 9.13 Å². The molecule has 1 aromatic carbocycles. The minimum Gasteiger partial charge on any atom is -0.506 e. The highest BCUT2D eigenvalue weighted by atomic mass is 127. The molecule has 16 heavy (non-hydrogen) atoms. The zero-order valence-electron chi connectivity index (χ0n) is 9.05. The highest BCUT2D eigenvalue weighted by Crippen LogP contribution is 2.26. The Morgan fingerprint density at radius 1 is 1.50 bits per heavy atom. The average Bonchev–Trinajstić information content (AvgIpc) is 2.22. The Labute approximate surface area is 122 Å². The topological polar surface area (TPSA) is 49.3 Å². The molecule has 0 spiro atoms. The van der Waals surface area contributed by atoms with Crippen LogP contribution < -0.4 is 5.32 Å². The fraction of sp³-hybridized carbons (Fsp3) is 0.364. The van der Waals surface area contributed by atoms with Crippen LogP contribution in [0.2, 0.25) is 0 Å². The number of nitrogens with one attached hydrogen (secondary N) is 1. The molecular formula is C11H13I2NO2. The van der Waals surface area contributed by atoms with Crippen molar-refractivity contribution in [3.63, 3.8) is 0 Å². The summed E-state index contributed by atoms with van der Waals surface area (Å²) in [6, 6.07) is 3.63. The summed E-state index contributed by atoms with van der Waals surface area (Å²) in [7, 11) is 0. The van der Waals surface area contributed by atoms with Crippen LogP contribution in [0.4, 0.5) is 0 Å². The van der Waals surface area contributed by atoms with Crippen molar-refractivity contribution < 1.29 is 9.90 Å². The molecule has 0 bridgehead atoms. The number of carbonyl (C=O) groups is 1. The van der Waals surface area contributed by atoms with Gasteiger partial charge in [-0.05, 0) is 70.7 Å². The summed E-state index contributed by atoms with van der Waals surface area (Å²) in [5.41, 5.74) is 0.344. The zero-order valence-corrected chi connectivity index (χ0v) is 13.4. The molecule has 0 radical (unpaired) electrons. The van der Waals surface area contributed by atoms with Gasteiger partial charge in [0.05, 0.1) is 9.13 Å². The summed E-state index contributed by atoms with van der Waals surface area (Å²) in [6.07, 6.45) is 0.869. The summed E-state index contributed by atoms with van der Waals surface area (Å²) in [5, 5.41) is 12.6. The van der Waals surface area contributed by atoms with Crippen LogP contribution in [0.5, 0.6) is 5.75 Å². The Hall–Kier alpha value is -0.0500. The van der Waals surface area contributed by atoms with E-state index in [4.69, 9.17) is 0 Å². The molecular weight excluding hydrogens is 432 g/mol. The molecule has 0 saturated heterocycles. The first-order valence-corrected chi connectivity index (χ1v) is 7.10. The lowest BCUT2D eigenvalue weighted by atomic mass is 10.1. The first-order valence-electron chi connectivity index (χ1n) is 4.94. The van der Waals surface area contributed by atoms with Gasteiger partial charge in [-0.3, -0.25) is 4.79 Å². The second-order valence-electron chi connectivity index (χ2n) is 3.57. The second kappa shape index (κ2) is 6.04. The third-order valence-corrected chi connectivity index (χ3v) is 3.71. The smallest absolute Gasteiger partial charge is 0.255 e. The third-order valence-electron chi connectivity index (χ3n) is 2.26. The van der Waals surface area contributed by atoms with Gasteiger partial charge in [0.15, 0.2) is 0 Å². The largest absolute Gasteiger partial charge is 0.506 e. The maximum atomic E-state index is 11.9. The molecule has 1 amide bonds. The number of halogens is 2. The van der Waals surface area contributed by atoms with Crippen molar-refractivity contribution in [2.24, 2.45) is 0 Å². The van der Waals surface area contributed by atoms with Crippen LogP contribution in [-0.2, 0) is 0 Å². The van der Waals surface area contributed by atoms with Crippen LogP contribution in [-0.4, -0.2) is 17.1 Å². The van der Waals surface area contributed by atoms with Crippen LogP contribution in [0.15, 0.2) is 12.1 Å². The molecule has 1 rings (SSSR count). The van der Waals surface area contributed by atoms with Crippen LogP contribution in [0, 0.1) is 7.14 Å². The van der Waals surface area contributed by atoms with Crippen molar-refractivity contribution in [1.82, 2.24) is 5.32 Å². The number of hydrogen-bond acceptors (Lipinski definition) is 2. The molecule has 3 nitrogen and oxygen atoms in total. The van der Waals surface area contributed by atoms with Crippen LogP contribution in [0.1, 0.15) is 30.6 Å². The molecule has 0 aromatic heterocycles. The summed E-state index contributed by atoms with van der Waals surface area (Å²) < 4.78 is 1.63. The van der Waals surface area contributed by atoms with Crippen LogP contribution in [0.25, 0.3) is 0 Å². The van der Waals surface area contributed by atoms with Gasteiger partial charge in [-0.15, -0.1) is 0 Å². The predicted molar refractivity (Wildman–Crippen MR) is 80.8 cm³/mol. The summed E-state index contributed by atoms with van der Waals surface area (Å²) in [4.78, 5) is 11.9. The summed E-state index contributed by atoms with van der Waals surface area (Å²) in [6.45, 7) is 3.94. The zero-order chi connectivity index (χ0) is 12.3. The molecule has 1 atom stereocenters. The van der Waals surface area contributed by atoms with Crippen molar-refractivity contribution in [1.29, 1.82) is 0 Å². The van der Waals surface area contributed by atoms with E-state index in [9.17, 15) is 9.90 Å². The standard InChI is InChI=1S/C11H13I2NO2/c1-3-6(2)14-11(16)8-4-7(12)5-9(13)10(8)15/h4-6,15H,3H2,1-2H3,(H,14,16). The van der Waals surface area contributed by atoms with E-state index in [-0.39, 0.29) is 17.7 Å². The minimum absolute atomic E-state index is 0.0572. The lowest BCUT2D eigenvalue weighted by Gasteiger charge is -2.13. The molecule has 0 saturated carbocycles. The molecule has 2 N–H and O–H groups in total. The number of benzene rings is 1. The Kier molecular flexibility index (Phi) is 5.29. The second-order valence-corrected chi connectivity index (χ2v) is 5.97. The van der Waals surface area contributed by atoms with Gasteiger partial charge in [0.2, 0.25) is 0 Å². The van der Waals surface area contributed by atoms with E-state index < -0.39 is 0 Å². The van der Waals surface area contributed by atoms with E-state index in [2.05, 4.69) is 27.9 Å². The van der Waals surface area contributed by atoms with E-state index in [1.54, 1.807) is 6.07 Å². The van der Waals surface area contributed by atoms with Gasteiger partial charge in [0.25, 0.3) is 5.91 Å². The van der Waals surface area contributed by atoms with Gasteiger partial charge < -0.3 is 10.4 Å². The van der Waals surface area contributed by atoms with E-state index in [1.165, 1.54) is 0 Å². The van der Waals surface area contributed by atoms with E-state index in [1.807, 2.05) is 42.5 Å². The first-order chi connectivity index (χ1) is 7.45. The molecule has 1 unspecified atom stereocenters. The van der Waals surface area contributed by atoms with E-state index >= 15 is 0 Å². The fourth-order valence-corrected chi connectivity index (χ4v) is 2.99. The molecule has 5 heteroatoms. The SMILES string of the molecule is CCC(C)NC(=O)c1cc(I)cc(I)c1O. The third kappa shape index (κ3) is 3.47. The Bertz CT molecular complexity index is 407. The maximum Gasteiger partial charge on any atom is 0.255 e. The molecule has 1 aromatic rings. The van der Waals surface area contributed by atoms with Gasteiger partial charge in [-0.1, -0.05) is 6.92 Å². The van der Waals surface area contributed by atoms with Gasteiger partial charge in [0, 0.05) is 9.61 Å². The van der Waals surface area contributed by atoms with Crippen LogP contribution in [0.3, 0.4) is 0 Å². The Balaban J connectivity index is 2.99. The number of phenolic OH excluding ortho intramolecular Hbond substituents is 1. The maximum absolute atomic E-state index is 11.9. The van der Waals surface area contributed by atoms with E-state index in [0.717, 1.165) is 9.99 Å². The normalized spacial score (nSPS) is 12.2. The number of carbonyl (C=O) groups excluding carboxylic acids is 1. The van der Waals surface area contributed by atoms with Crippen molar-refractivity contribution in [2.75, 3.05) is 0 Å². The van der Waals surface area contributed by atoms with Crippen LogP contribution >= 0.6 is 45.2 Å². The summed E-state index contributed by atoms with van der Waals surface area (Å²) in [5.74, 6) is -0.162. The fourth-order valence-electron chi connectivity index (χ4n) is 1.14. The molecule has 0 aliphatic heterocycles. The van der Waals surface area contributed by atoms with Crippen molar-refractivity contribution in [3.05, 3.63) is 24.8 Å². The lowest BCUT2D eigenvalue weighted by molar-refractivity contribution is 0.0936. The molecule has 88 valence electrons. The van der Waals surface area contributed by atoms with Crippen molar-refractivity contribution >= 4 is 51.1 Å². The van der Waals surface area contributed by atoms with Crippen molar-refractivity contribution in [3.8, 4) is 5.75 Å². The average molecular weight is 445 g/mol. The van der Waals surface area contributed by atoms with Gasteiger partial charge in [0.1, 0.15) is 5.75 Å². The quantitative estimate of drug-likeness (QED) is 0.704. The monoisotopic (exact) mass is 445 g/mol. The number of amides is 1. The lowest BCUT2D eigenvalue weighted by Crippen LogP contribution is -2.32. The predicted octanol–water partition coefficient (Wildman–Crippen LogP) is 3.13. The van der Waals surface area contributed by atoms with Crippen molar-refractivity contribution in [2.45, 2.75) is 26.3 Å². The molecule has 0 aliphatic rings. The highest BCUT2D eigenvalue weighted by molar-refractivity contribution is 14.1. The number of hydrogen-bond donors (Lipinski definition) is 2. The minimum atomic E-state index is -0.219. The summed E-state index contributed by atoms with van der Waals surface area (Å²) >= 11 is 4.15. The molecule has 0 fully saturated rings. The molecule has 0 aliphatic carbocycles. The first kappa shape index (κ1) is 14.0. The number of aromatic hydroxyl groups is 1. The number of rotatable bonds is 3. The Morgan fingerprint density at radius 3 is 2.69 bits per heavy atom. The van der Waals surface area contributed by atoms with Gasteiger partial charge in [-0.25, -0.2) is 0 Å². The molecule has 0 heterocycles. The van der Waals surface area contributed by atoms with Gasteiger partial charge >= 0.3 is 0 Å². The highest BCUT2D eigenvalue weighted by Gasteiger charge is 2.15. The Morgan fingerprint density at radius 2 is 2.12 bits per heavy atom. The van der Waals surface area contributed by atoms with Gasteiger partial charge in [-0.2, -0.15) is 0 Å². The number of phenols is 1.